The minimum atomic E-state index is -4.70. The normalized spacial score (nSPS) is 11.7. The number of hydrogen-bond donors (Lipinski definition) is 2. The van der Waals surface area contributed by atoms with Gasteiger partial charge in [0.2, 0.25) is 0 Å². The third kappa shape index (κ3) is 6.55. The average molecular weight is 539 g/mol. The van der Waals surface area contributed by atoms with Crippen molar-refractivity contribution in [3.05, 3.63) is 87.3 Å². The summed E-state index contributed by atoms with van der Waals surface area (Å²) >= 11 is 0. The fourth-order valence-electron chi connectivity index (χ4n) is 3.39. The van der Waals surface area contributed by atoms with E-state index < -0.39 is 51.2 Å². The molecule has 0 saturated heterocycles. The number of carbonyl (C=O) groups is 2. The summed E-state index contributed by atoms with van der Waals surface area (Å²) in [5.41, 5.74) is -2.20. The molecular weight excluding hydrogens is 517 g/mol. The van der Waals surface area contributed by atoms with Crippen LogP contribution in [0.5, 0.6) is 5.75 Å². The number of halogens is 3. The molecule has 0 aliphatic heterocycles. The van der Waals surface area contributed by atoms with Crippen molar-refractivity contribution in [3.63, 3.8) is 0 Å². The van der Waals surface area contributed by atoms with E-state index in [9.17, 15) is 36.0 Å². The van der Waals surface area contributed by atoms with Crippen LogP contribution in [-0.4, -0.2) is 42.8 Å². The summed E-state index contributed by atoms with van der Waals surface area (Å²) in [5.74, 6) is -2.44. The second-order valence-electron chi connectivity index (χ2n) is 7.98. The highest BCUT2D eigenvalue weighted by Crippen LogP contribution is 2.31. The van der Waals surface area contributed by atoms with E-state index in [1.54, 1.807) is 0 Å². The minimum Gasteiger partial charge on any atom is -0.480 e. The molecular formula is C24H21F3N2O7S. The van der Waals surface area contributed by atoms with Gasteiger partial charge in [-0.1, -0.05) is 18.2 Å². The van der Waals surface area contributed by atoms with Crippen molar-refractivity contribution in [2.24, 2.45) is 0 Å². The number of hydrogen-bond acceptors (Lipinski definition) is 6. The van der Waals surface area contributed by atoms with Gasteiger partial charge < -0.3 is 15.2 Å². The van der Waals surface area contributed by atoms with Gasteiger partial charge in [0.25, 0.3) is 11.5 Å². The molecule has 3 aromatic rings. The first-order valence-corrected chi connectivity index (χ1v) is 12.4. The largest absolute Gasteiger partial charge is 0.480 e. The smallest absolute Gasteiger partial charge is 0.416 e. The molecule has 37 heavy (non-hydrogen) atoms. The van der Waals surface area contributed by atoms with Crippen molar-refractivity contribution in [2.75, 3.05) is 12.9 Å². The monoisotopic (exact) mass is 538 g/mol. The van der Waals surface area contributed by atoms with Crippen LogP contribution in [0.3, 0.4) is 0 Å². The Balaban J connectivity index is 2.02. The maximum Gasteiger partial charge on any atom is 0.416 e. The molecule has 1 aromatic heterocycles. The van der Waals surface area contributed by atoms with Crippen molar-refractivity contribution in [3.8, 4) is 11.4 Å². The quantitative estimate of drug-likeness (QED) is 0.451. The molecule has 0 bridgehead atoms. The molecule has 0 atom stereocenters. The number of carboxylic acid groups (broad SMARTS) is 1. The minimum absolute atomic E-state index is 0.0153. The Labute approximate surface area is 209 Å². The van der Waals surface area contributed by atoms with Gasteiger partial charge >= 0.3 is 12.1 Å². The summed E-state index contributed by atoms with van der Waals surface area (Å²) < 4.78 is 69.0. The number of aromatic nitrogens is 1. The van der Waals surface area contributed by atoms with Crippen LogP contribution in [-0.2, 0) is 27.4 Å². The first-order valence-electron chi connectivity index (χ1n) is 10.5. The fourth-order valence-corrected chi connectivity index (χ4v) is 4.02. The number of aliphatic carboxylic acids is 1. The number of nitrogens with zero attached hydrogens (tertiary/aromatic N) is 1. The standard InChI is InChI=1S/C24H21F3N2O7S/c1-14-20(36-13-21(30)31)11-19(22(32)28-12-15-6-8-18(9-7-15)37(2,34)35)23(33)29(14)17-5-3-4-16(10-17)24(25,26)27/h3-11H,12-13H2,1-2H3,(H,28,32)(H,30,31). The van der Waals surface area contributed by atoms with Crippen molar-refractivity contribution in [1.29, 1.82) is 0 Å². The maximum absolute atomic E-state index is 13.3. The first-order chi connectivity index (χ1) is 17.2. The fraction of sp³-hybridized carbons (Fsp3) is 0.208. The third-order valence-corrected chi connectivity index (χ3v) is 6.36. The highest BCUT2D eigenvalue weighted by Gasteiger charge is 2.31. The molecule has 0 aliphatic rings. The van der Waals surface area contributed by atoms with Crippen LogP contribution in [0.1, 0.15) is 27.2 Å². The lowest BCUT2D eigenvalue weighted by atomic mass is 10.1. The van der Waals surface area contributed by atoms with E-state index in [0.717, 1.165) is 35.1 Å². The zero-order valence-corrected chi connectivity index (χ0v) is 20.3. The number of benzene rings is 2. The van der Waals surface area contributed by atoms with E-state index in [-0.39, 0.29) is 28.6 Å². The number of nitrogens with one attached hydrogen (secondary N) is 1. The van der Waals surface area contributed by atoms with Gasteiger partial charge in [-0.05, 0) is 42.8 Å². The van der Waals surface area contributed by atoms with E-state index in [1.165, 1.54) is 37.3 Å². The number of pyridine rings is 1. The van der Waals surface area contributed by atoms with E-state index in [1.807, 2.05) is 0 Å². The van der Waals surface area contributed by atoms with Crippen LogP contribution in [0.15, 0.2) is 64.3 Å². The van der Waals surface area contributed by atoms with E-state index in [0.29, 0.717) is 5.56 Å². The lowest BCUT2D eigenvalue weighted by molar-refractivity contribution is -0.139. The number of rotatable bonds is 8. The molecule has 13 heteroatoms. The lowest BCUT2D eigenvalue weighted by Crippen LogP contribution is -2.33. The van der Waals surface area contributed by atoms with Gasteiger partial charge in [0, 0.05) is 24.6 Å². The molecule has 1 amide bonds. The Bertz CT molecular complexity index is 1510. The molecule has 0 saturated carbocycles. The van der Waals surface area contributed by atoms with Crippen LogP contribution < -0.4 is 15.6 Å². The molecule has 196 valence electrons. The highest BCUT2D eigenvalue weighted by molar-refractivity contribution is 7.90. The van der Waals surface area contributed by atoms with Crippen LogP contribution in [0.25, 0.3) is 5.69 Å². The van der Waals surface area contributed by atoms with Crippen LogP contribution in [0, 0.1) is 6.92 Å². The molecule has 0 unspecified atom stereocenters. The van der Waals surface area contributed by atoms with E-state index in [2.05, 4.69) is 5.32 Å². The molecule has 2 aromatic carbocycles. The molecule has 2 N–H and O–H groups in total. The lowest BCUT2D eigenvalue weighted by Gasteiger charge is -2.17. The Morgan fingerprint density at radius 1 is 1.08 bits per heavy atom. The van der Waals surface area contributed by atoms with Crippen molar-refractivity contribution in [2.45, 2.75) is 24.5 Å². The van der Waals surface area contributed by atoms with Crippen LogP contribution >= 0.6 is 0 Å². The van der Waals surface area contributed by atoms with E-state index in [4.69, 9.17) is 9.84 Å². The van der Waals surface area contributed by atoms with Crippen molar-refractivity contribution >= 4 is 21.7 Å². The predicted octanol–water partition coefficient (Wildman–Crippen LogP) is 2.96. The number of amides is 1. The zero-order chi connectivity index (χ0) is 27.5. The van der Waals surface area contributed by atoms with Gasteiger partial charge in [-0.15, -0.1) is 0 Å². The Hall–Kier alpha value is -4.13. The van der Waals surface area contributed by atoms with Gasteiger partial charge in [-0.3, -0.25) is 14.2 Å². The third-order valence-electron chi connectivity index (χ3n) is 5.23. The Morgan fingerprint density at radius 3 is 2.30 bits per heavy atom. The summed E-state index contributed by atoms with van der Waals surface area (Å²) in [6.07, 6.45) is -3.65. The second-order valence-corrected chi connectivity index (χ2v) is 9.99. The molecule has 1 heterocycles. The van der Waals surface area contributed by atoms with Crippen LogP contribution in [0.4, 0.5) is 13.2 Å². The number of sulfone groups is 1. The van der Waals surface area contributed by atoms with Gasteiger partial charge in [0.05, 0.1) is 16.2 Å². The topological polar surface area (TPSA) is 132 Å². The molecule has 0 spiro atoms. The molecule has 9 nitrogen and oxygen atoms in total. The highest BCUT2D eigenvalue weighted by atomic mass is 32.2. The average Bonchev–Trinajstić information content (AvgIpc) is 2.81. The second kappa shape index (κ2) is 10.5. The van der Waals surface area contributed by atoms with Gasteiger partial charge in [-0.2, -0.15) is 13.2 Å². The number of carbonyl (C=O) groups excluding carboxylic acids is 1. The number of carboxylic acids is 1. The SMILES string of the molecule is Cc1c(OCC(=O)O)cc(C(=O)NCc2ccc(S(C)(=O)=O)cc2)c(=O)n1-c1cccc(C(F)(F)F)c1. The molecule has 3 rings (SSSR count). The van der Waals surface area contributed by atoms with Gasteiger partial charge in [0.1, 0.15) is 11.3 Å². The number of ether oxygens (including phenoxy) is 1. The summed E-state index contributed by atoms with van der Waals surface area (Å²) in [7, 11) is -3.42. The maximum atomic E-state index is 13.3. The summed E-state index contributed by atoms with van der Waals surface area (Å²) in [4.78, 5) is 37.2. The van der Waals surface area contributed by atoms with E-state index >= 15 is 0 Å². The predicted molar refractivity (Wildman–Crippen MR) is 126 cm³/mol. The first kappa shape index (κ1) is 27.5. The molecule has 0 radical (unpaired) electrons. The molecule has 0 fully saturated rings. The van der Waals surface area contributed by atoms with Crippen LogP contribution in [0.2, 0.25) is 0 Å². The summed E-state index contributed by atoms with van der Waals surface area (Å²) in [5, 5.41) is 11.4. The van der Waals surface area contributed by atoms with Gasteiger partial charge in [-0.25, -0.2) is 13.2 Å². The summed E-state index contributed by atoms with van der Waals surface area (Å²) in [6, 6.07) is 10.5. The Morgan fingerprint density at radius 2 is 1.73 bits per heavy atom. The summed E-state index contributed by atoms with van der Waals surface area (Å²) in [6.45, 7) is 0.407. The zero-order valence-electron chi connectivity index (χ0n) is 19.5. The Kier molecular flexibility index (Phi) is 7.77. The van der Waals surface area contributed by atoms with Crippen molar-refractivity contribution < 1.29 is 41.0 Å². The van der Waals surface area contributed by atoms with Gasteiger partial charge in [0.15, 0.2) is 16.4 Å². The number of alkyl halides is 3. The van der Waals surface area contributed by atoms with Crippen molar-refractivity contribution in [1.82, 2.24) is 9.88 Å². The molecule has 0 aliphatic carbocycles.